The molecule has 6 heteroatoms. The van der Waals surface area contributed by atoms with Crippen LogP contribution in [0.5, 0.6) is 0 Å². The minimum absolute atomic E-state index is 0.197. The number of fused-ring (bicyclic) bond motifs is 1. The third-order valence-corrected chi connectivity index (χ3v) is 4.37. The molecule has 6 nitrogen and oxygen atoms in total. The number of hydrogen-bond acceptors (Lipinski definition) is 5. The minimum Gasteiger partial charge on any atom is -0.360 e. The van der Waals surface area contributed by atoms with Gasteiger partial charge in [-0.15, -0.1) is 0 Å². The molecule has 1 atom stereocenters. The van der Waals surface area contributed by atoms with Crippen molar-refractivity contribution in [3.63, 3.8) is 0 Å². The highest BCUT2D eigenvalue weighted by Crippen LogP contribution is 2.38. The lowest BCUT2D eigenvalue weighted by atomic mass is 10.1. The highest BCUT2D eigenvalue weighted by Gasteiger charge is 2.28. The van der Waals surface area contributed by atoms with Crippen molar-refractivity contribution >= 4 is 5.82 Å². The number of anilines is 1. The lowest BCUT2D eigenvalue weighted by Crippen LogP contribution is -2.23. The van der Waals surface area contributed by atoms with Gasteiger partial charge in [0.2, 0.25) is 0 Å². The van der Waals surface area contributed by atoms with Crippen LogP contribution in [0.15, 0.2) is 6.07 Å². The molecule has 22 heavy (non-hydrogen) atoms. The molecule has 0 aromatic carbocycles. The van der Waals surface area contributed by atoms with Crippen LogP contribution in [0.3, 0.4) is 0 Å². The fourth-order valence-corrected chi connectivity index (χ4v) is 3.05. The third kappa shape index (κ3) is 2.58. The summed E-state index contributed by atoms with van der Waals surface area (Å²) >= 11 is 0. The maximum atomic E-state index is 4.71. The molecule has 1 aliphatic carbocycles. The Morgan fingerprint density at radius 1 is 1.23 bits per heavy atom. The monoisotopic (exact) mass is 298 g/mol. The van der Waals surface area contributed by atoms with Gasteiger partial charge in [0, 0.05) is 30.6 Å². The molecular weight excluding hydrogens is 276 g/mol. The molecule has 1 N–H and O–H groups in total. The van der Waals surface area contributed by atoms with Crippen LogP contribution >= 0.6 is 0 Å². The predicted octanol–water partition coefficient (Wildman–Crippen LogP) is 2.76. The molecular formula is C16H22N6. The molecule has 2 aromatic rings. The molecule has 116 valence electrons. The molecule has 2 aliphatic rings. The molecule has 0 spiro atoms. The first-order valence-corrected chi connectivity index (χ1v) is 8.28. The van der Waals surface area contributed by atoms with Crippen molar-refractivity contribution in [2.45, 2.75) is 64.5 Å². The summed E-state index contributed by atoms with van der Waals surface area (Å²) in [7, 11) is 0. The van der Waals surface area contributed by atoms with Gasteiger partial charge in [0.25, 0.3) is 0 Å². The van der Waals surface area contributed by atoms with Gasteiger partial charge in [0.15, 0.2) is 5.82 Å². The van der Waals surface area contributed by atoms with Crippen LogP contribution in [0.4, 0.5) is 5.82 Å². The predicted molar refractivity (Wildman–Crippen MR) is 83.7 cm³/mol. The van der Waals surface area contributed by atoms with Crippen molar-refractivity contribution < 1.29 is 0 Å². The topological polar surface area (TPSA) is 68.5 Å². The van der Waals surface area contributed by atoms with Crippen LogP contribution < -0.4 is 5.32 Å². The Kier molecular flexibility index (Phi) is 3.32. The van der Waals surface area contributed by atoms with E-state index < -0.39 is 0 Å². The van der Waals surface area contributed by atoms with Crippen molar-refractivity contribution in [3.8, 4) is 0 Å². The lowest BCUT2D eigenvalue weighted by molar-refractivity contribution is 0.436. The number of rotatable bonds is 4. The molecule has 0 radical (unpaired) electrons. The number of aryl methyl sites for hydroxylation is 3. The Balaban J connectivity index is 1.60. The van der Waals surface area contributed by atoms with Gasteiger partial charge >= 0.3 is 0 Å². The van der Waals surface area contributed by atoms with Gasteiger partial charge in [-0.1, -0.05) is 6.92 Å². The highest BCUT2D eigenvalue weighted by atomic mass is 15.4. The second-order valence-electron chi connectivity index (χ2n) is 6.33. The first kappa shape index (κ1) is 13.7. The fourth-order valence-electron chi connectivity index (χ4n) is 3.05. The Morgan fingerprint density at radius 3 is 2.86 bits per heavy atom. The van der Waals surface area contributed by atoms with E-state index in [-0.39, 0.29) is 6.04 Å². The zero-order chi connectivity index (χ0) is 15.1. The average molecular weight is 298 g/mol. The average Bonchev–Trinajstić information content (AvgIpc) is 3.26. The number of nitrogens with zero attached hydrogens (tertiary/aromatic N) is 5. The summed E-state index contributed by atoms with van der Waals surface area (Å²) in [5.41, 5.74) is 1.03. The van der Waals surface area contributed by atoms with Gasteiger partial charge in [-0.2, -0.15) is 5.10 Å². The van der Waals surface area contributed by atoms with E-state index in [4.69, 9.17) is 4.98 Å². The summed E-state index contributed by atoms with van der Waals surface area (Å²) in [5, 5.41) is 8.13. The standard InChI is InChI=1S/C16H22N6/c1-3-13-20-16-12(5-4-8-22(16)21-13)18-14-9-10(2)17-15(19-14)11-6-7-11/h9,11-12H,3-8H2,1-2H3,(H,17,18,19)/t12-/m0/s1. The van der Waals surface area contributed by atoms with Gasteiger partial charge in [0.1, 0.15) is 17.5 Å². The molecule has 0 saturated heterocycles. The van der Waals surface area contributed by atoms with Gasteiger partial charge in [-0.3, -0.25) is 0 Å². The van der Waals surface area contributed by atoms with E-state index in [1.807, 2.05) is 13.0 Å². The van der Waals surface area contributed by atoms with Crippen LogP contribution in [0, 0.1) is 6.92 Å². The number of nitrogens with one attached hydrogen (secondary N) is 1. The molecule has 0 unspecified atom stereocenters. The summed E-state index contributed by atoms with van der Waals surface area (Å²) in [6, 6.07) is 2.23. The molecule has 1 fully saturated rings. The lowest BCUT2D eigenvalue weighted by Gasteiger charge is -2.23. The van der Waals surface area contributed by atoms with Crippen molar-refractivity contribution in [3.05, 3.63) is 29.2 Å². The van der Waals surface area contributed by atoms with Crippen LogP contribution in [-0.4, -0.2) is 24.7 Å². The molecule has 1 saturated carbocycles. The summed E-state index contributed by atoms with van der Waals surface area (Å²) < 4.78 is 2.05. The zero-order valence-corrected chi connectivity index (χ0v) is 13.2. The molecule has 2 aromatic heterocycles. The smallest absolute Gasteiger partial charge is 0.150 e. The Hall–Kier alpha value is -1.98. The third-order valence-electron chi connectivity index (χ3n) is 4.37. The largest absolute Gasteiger partial charge is 0.360 e. The summed E-state index contributed by atoms with van der Waals surface area (Å²) in [6.45, 7) is 5.10. The van der Waals surface area contributed by atoms with Crippen LogP contribution in [0.25, 0.3) is 0 Å². The quantitative estimate of drug-likeness (QED) is 0.940. The normalized spacial score (nSPS) is 20.7. The first-order valence-electron chi connectivity index (χ1n) is 8.28. The second-order valence-corrected chi connectivity index (χ2v) is 6.33. The van der Waals surface area contributed by atoms with Gasteiger partial charge < -0.3 is 5.32 Å². The second kappa shape index (κ2) is 5.34. The summed E-state index contributed by atoms with van der Waals surface area (Å²) in [6.07, 6.45) is 5.52. The number of hydrogen-bond donors (Lipinski definition) is 1. The molecule has 0 bridgehead atoms. The number of aromatic nitrogens is 5. The maximum Gasteiger partial charge on any atom is 0.150 e. The van der Waals surface area contributed by atoms with Gasteiger partial charge in [0.05, 0.1) is 6.04 Å². The molecule has 0 amide bonds. The minimum atomic E-state index is 0.197. The van der Waals surface area contributed by atoms with E-state index in [2.05, 4.69) is 32.0 Å². The van der Waals surface area contributed by atoms with Crippen molar-refractivity contribution in [1.29, 1.82) is 0 Å². The van der Waals surface area contributed by atoms with E-state index in [0.29, 0.717) is 5.92 Å². The van der Waals surface area contributed by atoms with E-state index in [0.717, 1.165) is 54.8 Å². The van der Waals surface area contributed by atoms with Crippen LogP contribution in [0.2, 0.25) is 0 Å². The van der Waals surface area contributed by atoms with E-state index in [1.165, 1.54) is 12.8 Å². The van der Waals surface area contributed by atoms with Gasteiger partial charge in [-0.25, -0.2) is 19.6 Å². The highest BCUT2D eigenvalue weighted by molar-refractivity contribution is 5.39. The van der Waals surface area contributed by atoms with Crippen LogP contribution in [0.1, 0.15) is 67.7 Å². The van der Waals surface area contributed by atoms with Gasteiger partial charge in [-0.05, 0) is 32.6 Å². The summed E-state index contributed by atoms with van der Waals surface area (Å²) in [4.78, 5) is 14.0. The van der Waals surface area contributed by atoms with E-state index >= 15 is 0 Å². The first-order chi connectivity index (χ1) is 10.7. The van der Waals surface area contributed by atoms with Crippen molar-refractivity contribution in [2.75, 3.05) is 5.32 Å². The summed E-state index contributed by atoms with van der Waals surface area (Å²) in [5.74, 6) is 4.47. The molecule has 1 aliphatic heterocycles. The van der Waals surface area contributed by atoms with Crippen LogP contribution in [-0.2, 0) is 13.0 Å². The fraction of sp³-hybridized carbons (Fsp3) is 0.625. The van der Waals surface area contributed by atoms with Crippen molar-refractivity contribution in [1.82, 2.24) is 24.7 Å². The SMILES string of the molecule is CCc1nc2n(n1)CCC[C@@H]2Nc1cc(C)nc(C2CC2)n1. The molecule has 3 heterocycles. The Morgan fingerprint density at radius 2 is 2.09 bits per heavy atom. The van der Waals surface area contributed by atoms with E-state index in [9.17, 15) is 0 Å². The van der Waals surface area contributed by atoms with E-state index in [1.54, 1.807) is 0 Å². The van der Waals surface area contributed by atoms with Crippen molar-refractivity contribution in [2.24, 2.45) is 0 Å². The Labute approximate surface area is 130 Å². The maximum absolute atomic E-state index is 4.71. The Bertz CT molecular complexity index is 688. The molecule has 4 rings (SSSR count). The zero-order valence-electron chi connectivity index (χ0n) is 13.2.